The van der Waals surface area contributed by atoms with Crippen molar-refractivity contribution in [3.05, 3.63) is 23.8 Å². The fourth-order valence-corrected chi connectivity index (χ4v) is 4.56. The molecule has 0 aromatic heterocycles. The van der Waals surface area contributed by atoms with E-state index in [2.05, 4.69) is 10.6 Å². The van der Waals surface area contributed by atoms with Crippen molar-refractivity contribution in [1.29, 1.82) is 0 Å². The van der Waals surface area contributed by atoms with Crippen LogP contribution in [0.5, 0.6) is 5.75 Å². The van der Waals surface area contributed by atoms with E-state index in [1.54, 1.807) is 6.07 Å². The molecule has 0 saturated carbocycles. The van der Waals surface area contributed by atoms with Gasteiger partial charge in [-0.3, -0.25) is 4.79 Å². The summed E-state index contributed by atoms with van der Waals surface area (Å²) >= 11 is 0. The summed E-state index contributed by atoms with van der Waals surface area (Å²) in [5.41, 5.74) is 0.243. The standard InChI is InChI=1S/C18H29N3O4S/c1-19-10-7-11-20-18(22)16-14-15(8-9-17(16)25-2)26(23,24)21-12-5-3-4-6-13-21/h8-9,14,19H,3-7,10-13H2,1-2H3,(H,20,22). The number of rotatable bonds is 8. The third kappa shape index (κ3) is 5.18. The number of benzene rings is 1. The molecule has 146 valence electrons. The molecule has 2 rings (SSSR count). The monoisotopic (exact) mass is 383 g/mol. The Morgan fingerprint density at radius 2 is 1.85 bits per heavy atom. The summed E-state index contributed by atoms with van der Waals surface area (Å²) < 4.78 is 32.7. The van der Waals surface area contributed by atoms with Crippen molar-refractivity contribution < 1.29 is 17.9 Å². The SMILES string of the molecule is CNCCCNC(=O)c1cc(S(=O)(=O)N2CCCCCC2)ccc1OC. The molecule has 7 nitrogen and oxygen atoms in total. The lowest BCUT2D eigenvalue weighted by Gasteiger charge is -2.20. The Morgan fingerprint density at radius 3 is 2.46 bits per heavy atom. The van der Waals surface area contributed by atoms with Crippen molar-refractivity contribution in [3.63, 3.8) is 0 Å². The zero-order valence-corrected chi connectivity index (χ0v) is 16.4. The van der Waals surface area contributed by atoms with E-state index in [0.717, 1.165) is 38.6 Å². The van der Waals surface area contributed by atoms with Gasteiger partial charge in [-0.25, -0.2) is 8.42 Å². The molecule has 1 aliphatic heterocycles. The van der Waals surface area contributed by atoms with E-state index in [-0.39, 0.29) is 16.4 Å². The molecule has 0 aliphatic carbocycles. The lowest BCUT2D eigenvalue weighted by atomic mass is 10.2. The Kier molecular flexibility index (Phi) is 7.86. The number of methoxy groups -OCH3 is 1. The lowest BCUT2D eigenvalue weighted by molar-refractivity contribution is 0.0950. The maximum atomic E-state index is 13.0. The van der Waals surface area contributed by atoms with Gasteiger partial charge in [-0.15, -0.1) is 0 Å². The van der Waals surface area contributed by atoms with Crippen LogP contribution in [0.1, 0.15) is 42.5 Å². The highest BCUT2D eigenvalue weighted by atomic mass is 32.2. The molecule has 1 aliphatic rings. The normalized spacial score (nSPS) is 16.1. The number of amides is 1. The van der Waals surface area contributed by atoms with Gasteiger partial charge in [0.25, 0.3) is 5.91 Å². The Bertz CT molecular complexity index is 698. The second kappa shape index (κ2) is 9.89. The molecule has 1 fully saturated rings. The van der Waals surface area contributed by atoms with E-state index in [4.69, 9.17) is 4.74 Å². The van der Waals surface area contributed by atoms with Crippen molar-refractivity contribution in [2.45, 2.75) is 37.0 Å². The number of carbonyl (C=O) groups excluding carboxylic acids is 1. The van der Waals surface area contributed by atoms with Gasteiger partial charge in [0.15, 0.2) is 0 Å². The van der Waals surface area contributed by atoms with Crippen molar-refractivity contribution in [3.8, 4) is 5.75 Å². The summed E-state index contributed by atoms with van der Waals surface area (Å²) in [7, 11) is -0.290. The molecule has 0 atom stereocenters. The quantitative estimate of drug-likeness (QED) is 0.666. The first-order valence-corrected chi connectivity index (χ1v) is 10.6. The first-order valence-electron chi connectivity index (χ1n) is 9.11. The van der Waals surface area contributed by atoms with Gasteiger partial charge in [-0.05, 0) is 51.1 Å². The predicted octanol–water partition coefficient (Wildman–Crippen LogP) is 1.60. The molecule has 0 radical (unpaired) electrons. The Morgan fingerprint density at radius 1 is 1.15 bits per heavy atom. The third-order valence-corrected chi connectivity index (χ3v) is 6.40. The third-order valence-electron chi connectivity index (χ3n) is 4.51. The van der Waals surface area contributed by atoms with Crippen LogP contribution in [-0.4, -0.2) is 59.0 Å². The molecular weight excluding hydrogens is 354 g/mol. The van der Waals surface area contributed by atoms with Crippen LogP contribution in [-0.2, 0) is 10.0 Å². The van der Waals surface area contributed by atoms with Gasteiger partial charge in [0.1, 0.15) is 5.75 Å². The van der Waals surface area contributed by atoms with E-state index >= 15 is 0 Å². The second-order valence-corrected chi connectivity index (χ2v) is 8.33. The van der Waals surface area contributed by atoms with E-state index in [0.29, 0.717) is 25.4 Å². The number of nitrogens with one attached hydrogen (secondary N) is 2. The van der Waals surface area contributed by atoms with Gasteiger partial charge in [0.2, 0.25) is 10.0 Å². The van der Waals surface area contributed by atoms with Crippen molar-refractivity contribution >= 4 is 15.9 Å². The van der Waals surface area contributed by atoms with Crippen LogP contribution in [0.15, 0.2) is 23.1 Å². The van der Waals surface area contributed by atoms with Crippen LogP contribution >= 0.6 is 0 Å². The highest BCUT2D eigenvalue weighted by molar-refractivity contribution is 7.89. The van der Waals surface area contributed by atoms with Crippen LogP contribution in [0.4, 0.5) is 0 Å². The average Bonchev–Trinajstić information content (AvgIpc) is 2.94. The Hall–Kier alpha value is -1.64. The number of hydrogen-bond donors (Lipinski definition) is 2. The number of carbonyl (C=O) groups is 1. The van der Waals surface area contributed by atoms with Gasteiger partial charge < -0.3 is 15.4 Å². The number of hydrogen-bond acceptors (Lipinski definition) is 5. The zero-order valence-electron chi connectivity index (χ0n) is 15.6. The Labute approximate surface area is 156 Å². The van der Waals surface area contributed by atoms with Gasteiger partial charge >= 0.3 is 0 Å². The van der Waals surface area contributed by atoms with Crippen LogP contribution in [0.25, 0.3) is 0 Å². The molecule has 1 aromatic rings. The topological polar surface area (TPSA) is 87.7 Å². The molecule has 1 amide bonds. The van der Waals surface area contributed by atoms with Gasteiger partial charge in [0.05, 0.1) is 17.6 Å². The molecule has 0 spiro atoms. The second-order valence-electron chi connectivity index (χ2n) is 6.39. The molecule has 2 N–H and O–H groups in total. The van der Waals surface area contributed by atoms with Crippen LogP contribution in [0.3, 0.4) is 0 Å². The van der Waals surface area contributed by atoms with Gasteiger partial charge in [0, 0.05) is 19.6 Å². The van der Waals surface area contributed by atoms with Crippen molar-refractivity contribution in [2.75, 3.05) is 40.3 Å². The van der Waals surface area contributed by atoms with E-state index < -0.39 is 10.0 Å². The first kappa shape index (κ1) is 20.7. The Balaban J connectivity index is 2.23. The summed E-state index contributed by atoms with van der Waals surface area (Å²) in [6.07, 6.45) is 4.63. The number of nitrogens with zero attached hydrogens (tertiary/aromatic N) is 1. The van der Waals surface area contributed by atoms with E-state index in [1.165, 1.54) is 23.5 Å². The van der Waals surface area contributed by atoms with Crippen LogP contribution < -0.4 is 15.4 Å². The van der Waals surface area contributed by atoms with Crippen LogP contribution in [0, 0.1) is 0 Å². The molecule has 1 saturated heterocycles. The minimum Gasteiger partial charge on any atom is -0.496 e. The first-order chi connectivity index (χ1) is 12.5. The summed E-state index contributed by atoms with van der Waals surface area (Å²) in [5.74, 6) is 0.0387. The molecule has 0 bridgehead atoms. The minimum atomic E-state index is -3.61. The van der Waals surface area contributed by atoms with Crippen molar-refractivity contribution in [1.82, 2.24) is 14.9 Å². The molecule has 0 unspecified atom stereocenters. The lowest BCUT2D eigenvalue weighted by Crippen LogP contribution is -2.32. The summed E-state index contributed by atoms with van der Waals surface area (Å²) in [4.78, 5) is 12.6. The van der Waals surface area contributed by atoms with Gasteiger partial charge in [-0.1, -0.05) is 12.8 Å². The molecule has 1 heterocycles. The number of sulfonamides is 1. The summed E-state index contributed by atoms with van der Waals surface area (Å²) in [6, 6.07) is 4.48. The highest BCUT2D eigenvalue weighted by Gasteiger charge is 2.27. The fourth-order valence-electron chi connectivity index (χ4n) is 3.02. The van der Waals surface area contributed by atoms with Gasteiger partial charge in [-0.2, -0.15) is 4.31 Å². The zero-order chi connectivity index (χ0) is 19.0. The van der Waals surface area contributed by atoms with Crippen LogP contribution in [0.2, 0.25) is 0 Å². The maximum Gasteiger partial charge on any atom is 0.255 e. The molecule has 1 aromatic carbocycles. The van der Waals surface area contributed by atoms with E-state index in [9.17, 15) is 13.2 Å². The maximum absolute atomic E-state index is 13.0. The fraction of sp³-hybridized carbons (Fsp3) is 0.611. The average molecular weight is 384 g/mol. The number of ether oxygens (including phenoxy) is 1. The van der Waals surface area contributed by atoms with E-state index in [1.807, 2.05) is 7.05 Å². The summed E-state index contributed by atoms with van der Waals surface area (Å²) in [5, 5.41) is 5.82. The predicted molar refractivity (Wildman–Crippen MR) is 101 cm³/mol. The minimum absolute atomic E-state index is 0.139. The molecule has 8 heteroatoms. The molecule has 26 heavy (non-hydrogen) atoms. The molecular formula is C18H29N3O4S. The summed E-state index contributed by atoms with van der Waals surface area (Å²) in [6.45, 7) is 2.35. The highest BCUT2D eigenvalue weighted by Crippen LogP contribution is 2.26. The smallest absolute Gasteiger partial charge is 0.255 e. The largest absolute Gasteiger partial charge is 0.496 e. The van der Waals surface area contributed by atoms with Crippen molar-refractivity contribution in [2.24, 2.45) is 0 Å².